The maximum Gasteiger partial charge on any atom is 0.176 e. The van der Waals surface area contributed by atoms with Crippen molar-refractivity contribution in [3.8, 4) is 0 Å². The molecule has 26 heavy (non-hydrogen) atoms. The Morgan fingerprint density at radius 1 is 0.615 bits per heavy atom. The molecule has 0 aliphatic carbocycles. The molecule has 2 aromatic heterocycles. The van der Waals surface area contributed by atoms with Gasteiger partial charge in [0.1, 0.15) is 12.2 Å². The molecule has 0 amide bonds. The highest BCUT2D eigenvalue weighted by Gasteiger charge is 2.11. The molecule has 6 nitrogen and oxygen atoms in total. The smallest absolute Gasteiger partial charge is 0.176 e. The van der Waals surface area contributed by atoms with E-state index >= 15 is 0 Å². The maximum atomic E-state index is 9.93. The van der Waals surface area contributed by atoms with Crippen LogP contribution in [0.15, 0.2) is 61.2 Å². The maximum absolute atomic E-state index is 9.93. The Bertz CT molecular complexity index is 529. The molecule has 0 aromatic carbocycles. The van der Waals surface area contributed by atoms with Crippen LogP contribution in [0.1, 0.15) is 12.8 Å². The molecule has 2 aromatic rings. The summed E-state index contributed by atoms with van der Waals surface area (Å²) in [7, 11) is 0. The summed E-state index contributed by atoms with van der Waals surface area (Å²) < 4.78 is 14.9. The fraction of sp³-hybridized carbons (Fsp3) is 0.500. The number of aliphatic hydroxyl groups is 2. The van der Waals surface area contributed by atoms with E-state index in [2.05, 4.69) is 0 Å². The third-order valence-corrected chi connectivity index (χ3v) is 3.85. The van der Waals surface area contributed by atoms with Crippen LogP contribution in [-0.2, 0) is 22.6 Å². The van der Waals surface area contributed by atoms with E-state index in [4.69, 9.17) is 9.47 Å². The lowest BCUT2D eigenvalue weighted by atomic mass is 10.3. The topological polar surface area (TPSA) is 66.7 Å². The van der Waals surface area contributed by atoms with Crippen molar-refractivity contribution >= 4 is 0 Å². The number of unbranched alkanes of at least 4 members (excludes halogenated alkanes) is 1. The summed E-state index contributed by atoms with van der Waals surface area (Å²) in [5.41, 5.74) is 0. The lowest BCUT2D eigenvalue weighted by Gasteiger charge is -2.10. The van der Waals surface area contributed by atoms with Crippen molar-refractivity contribution in [3.05, 3.63) is 61.2 Å². The third kappa shape index (κ3) is 9.01. The van der Waals surface area contributed by atoms with E-state index in [1.165, 1.54) is 0 Å². The van der Waals surface area contributed by atoms with Crippen molar-refractivity contribution in [2.45, 2.75) is 38.1 Å². The second-order valence-electron chi connectivity index (χ2n) is 6.31. The first kappa shape index (κ1) is 20.5. The van der Waals surface area contributed by atoms with Crippen molar-refractivity contribution in [3.63, 3.8) is 0 Å². The van der Waals surface area contributed by atoms with E-state index in [0.717, 1.165) is 12.8 Å². The summed E-state index contributed by atoms with van der Waals surface area (Å²) in [5.74, 6) is 0. The highest BCUT2D eigenvalue weighted by atomic mass is 16.5. The van der Waals surface area contributed by atoms with Gasteiger partial charge < -0.3 is 19.7 Å². The van der Waals surface area contributed by atoms with E-state index in [0.29, 0.717) is 39.5 Å². The molecule has 0 bridgehead atoms. The van der Waals surface area contributed by atoms with Gasteiger partial charge in [0.15, 0.2) is 37.9 Å². The average Bonchev–Trinajstić information content (AvgIpc) is 2.65. The standard InChI is InChI=1S/C20H30N2O4/c23-19(15-21-9-3-1-4-10-21)17-25-13-7-8-14-26-18-20(24)16-22-11-5-2-6-12-22/h1-6,9-12,19-20,23-24H,7-8,13-18H2/q+2. The molecule has 2 N–H and O–H groups in total. The van der Waals surface area contributed by atoms with E-state index in [1.54, 1.807) is 0 Å². The molecule has 0 saturated carbocycles. The molecule has 2 rings (SSSR count). The number of ether oxygens (including phenoxy) is 2. The molecule has 0 spiro atoms. The summed E-state index contributed by atoms with van der Waals surface area (Å²) in [5, 5.41) is 19.9. The zero-order chi connectivity index (χ0) is 18.5. The SMILES string of the molecule is OC(COCCCCOCC(O)C[n+]1ccccc1)C[n+]1ccccc1. The lowest BCUT2D eigenvalue weighted by molar-refractivity contribution is -0.704. The quantitative estimate of drug-likeness (QED) is 0.402. The van der Waals surface area contributed by atoms with Crippen LogP contribution in [0.25, 0.3) is 0 Å². The first-order chi connectivity index (χ1) is 12.7. The third-order valence-electron chi connectivity index (χ3n) is 3.85. The average molecular weight is 362 g/mol. The number of hydrogen-bond acceptors (Lipinski definition) is 4. The van der Waals surface area contributed by atoms with Crippen molar-refractivity contribution in [1.29, 1.82) is 0 Å². The Labute approximate surface area is 155 Å². The largest absolute Gasteiger partial charge is 0.384 e. The summed E-state index contributed by atoms with van der Waals surface area (Å²) in [6, 6.07) is 11.6. The highest BCUT2D eigenvalue weighted by Crippen LogP contribution is 1.95. The Morgan fingerprint density at radius 3 is 1.38 bits per heavy atom. The van der Waals surface area contributed by atoms with Gasteiger partial charge in [0, 0.05) is 37.5 Å². The summed E-state index contributed by atoms with van der Waals surface area (Å²) >= 11 is 0. The molecule has 2 unspecified atom stereocenters. The number of nitrogens with zero attached hydrogens (tertiary/aromatic N) is 2. The summed E-state index contributed by atoms with van der Waals surface area (Å²) in [6.45, 7) is 2.92. The second kappa shape index (κ2) is 12.5. The Kier molecular flexibility index (Phi) is 9.82. The van der Waals surface area contributed by atoms with Crippen molar-refractivity contribution < 1.29 is 28.8 Å². The number of rotatable bonds is 13. The first-order valence-electron chi connectivity index (χ1n) is 9.14. The zero-order valence-corrected chi connectivity index (χ0v) is 15.2. The van der Waals surface area contributed by atoms with Crippen LogP contribution >= 0.6 is 0 Å². The van der Waals surface area contributed by atoms with Crippen LogP contribution in [0, 0.1) is 0 Å². The van der Waals surface area contributed by atoms with Gasteiger partial charge in [-0.05, 0) is 12.8 Å². The molecule has 0 fully saturated rings. The predicted molar refractivity (Wildman–Crippen MR) is 96.2 cm³/mol. The summed E-state index contributed by atoms with van der Waals surface area (Å²) in [4.78, 5) is 0. The Morgan fingerprint density at radius 2 is 1.00 bits per heavy atom. The summed E-state index contributed by atoms with van der Waals surface area (Å²) in [6.07, 6.45) is 8.41. The lowest BCUT2D eigenvalue weighted by Crippen LogP contribution is -2.40. The van der Waals surface area contributed by atoms with Gasteiger partial charge in [-0.15, -0.1) is 0 Å². The molecule has 2 heterocycles. The van der Waals surface area contributed by atoms with Crippen LogP contribution < -0.4 is 9.13 Å². The molecule has 142 valence electrons. The number of hydrogen-bond donors (Lipinski definition) is 2. The molecule has 0 aliphatic heterocycles. The minimum Gasteiger partial charge on any atom is -0.384 e. The van der Waals surface area contributed by atoms with Gasteiger partial charge in [-0.1, -0.05) is 12.1 Å². The van der Waals surface area contributed by atoms with Gasteiger partial charge in [0.2, 0.25) is 0 Å². The molecule has 6 heteroatoms. The monoisotopic (exact) mass is 362 g/mol. The van der Waals surface area contributed by atoms with E-state index in [1.807, 2.05) is 70.3 Å². The highest BCUT2D eigenvalue weighted by molar-refractivity contribution is 4.84. The fourth-order valence-corrected chi connectivity index (χ4v) is 2.55. The van der Waals surface area contributed by atoms with Gasteiger partial charge in [0.05, 0.1) is 13.2 Å². The fourth-order valence-electron chi connectivity index (χ4n) is 2.55. The number of aromatic nitrogens is 2. The van der Waals surface area contributed by atoms with Crippen LogP contribution in [0.2, 0.25) is 0 Å². The predicted octanol–water partition coefficient (Wildman–Crippen LogP) is 0.497. The molecular weight excluding hydrogens is 332 g/mol. The van der Waals surface area contributed by atoms with Crippen molar-refractivity contribution in [2.24, 2.45) is 0 Å². The van der Waals surface area contributed by atoms with Gasteiger partial charge in [-0.3, -0.25) is 0 Å². The zero-order valence-electron chi connectivity index (χ0n) is 15.2. The van der Waals surface area contributed by atoms with Crippen LogP contribution in [0.3, 0.4) is 0 Å². The minimum absolute atomic E-state index is 0.329. The van der Waals surface area contributed by atoms with E-state index in [9.17, 15) is 10.2 Å². The van der Waals surface area contributed by atoms with Gasteiger partial charge in [-0.25, -0.2) is 9.13 Å². The normalized spacial score (nSPS) is 13.5. The van der Waals surface area contributed by atoms with Crippen LogP contribution in [-0.4, -0.2) is 48.8 Å². The van der Waals surface area contributed by atoms with Crippen molar-refractivity contribution in [2.75, 3.05) is 26.4 Å². The Balaban J connectivity index is 1.42. The van der Waals surface area contributed by atoms with Crippen molar-refractivity contribution in [1.82, 2.24) is 0 Å². The van der Waals surface area contributed by atoms with Crippen LogP contribution in [0.5, 0.6) is 0 Å². The van der Waals surface area contributed by atoms with Gasteiger partial charge in [-0.2, -0.15) is 0 Å². The Hall–Kier alpha value is -1.86. The molecule has 2 atom stereocenters. The number of aliphatic hydroxyl groups excluding tert-OH is 2. The minimum atomic E-state index is -0.510. The van der Waals surface area contributed by atoms with Gasteiger partial charge >= 0.3 is 0 Å². The molecular formula is C20H30N2O4+2. The van der Waals surface area contributed by atoms with Crippen LogP contribution in [0.4, 0.5) is 0 Å². The molecule has 0 saturated heterocycles. The van der Waals surface area contributed by atoms with E-state index in [-0.39, 0.29) is 0 Å². The second-order valence-corrected chi connectivity index (χ2v) is 6.31. The first-order valence-corrected chi connectivity index (χ1v) is 9.14. The molecule has 0 aliphatic rings. The van der Waals surface area contributed by atoms with E-state index < -0.39 is 12.2 Å². The molecule has 0 radical (unpaired) electrons. The van der Waals surface area contributed by atoms with Gasteiger partial charge in [0.25, 0.3) is 0 Å². The number of pyridine rings is 2.